The Balaban J connectivity index is 1.94. The number of aromatic nitrogens is 4. The highest BCUT2D eigenvalue weighted by Crippen LogP contribution is 2.32. The van der Waals surface area contributed by atoms with E-state index in [0.717, 1.165) is 0 Å². The molecule has 1 aromatic heterocycles. The maximum atomic E-state index is 13.6. The van der Waals surface area contributed by atoms with E-state index < -0.39 is 20.0 Å². The number of benzene rings is 3. The van der Waals surface area contributed by atoms with Gasteiger partial charge in [0.1, 0.15) is 6.33 Å². The highest BCUT2D eigenvalue weighted by molar-refractivity contribution is 8.10. The van der Waals surface area contributed by atoms with Crippen molar-refractivity contribution >= 4 is 48.9 Å². The number of tetrazole rings is 1. The quantitative estimate of drug-likeness (QED) is 0.390. The van der Waals surface area contributed by atoms with Gasteiger partial charge in [-0.3, -0.25) is 0 Å². The van der Waals surface area contributed by atoms with Crippen LogP contribution in [0.5, 0.6) is 0 Å². The van der Waals surface area contributed by atoms with Gasteiger partial charge in [-0.05, 0) is 77.2 Å². The van der Waals surface area contributed by atoms with Crippen LogP contribution in [-0.2, 0) is 20.0 Å². The Kier molecular flexibility index (Phi) is 5.91. The molecule has 9 nitrogen and oxygen atoms in total. The minimum Gasteiger partial charge on any atom is -0.200 e. The second-order valence-corrected chi connectivity index (χ2v) is 11.1. The first kappa shape index (κ1) is 22.2. The summed E-state index contributed by atoms with van der Waals surface area (Å²) in [6.07, 6.45) is 1.30. The fraction of sp³-hybridized carbons (Fsp3) is 0. The fourth-order valence-electron chi connectivity index (χ4n) is 2.84. The van der Waals surface area contributed by atoms with Crippen molar-refractivity contribution in [2.45, 2.75) is 9.79 Å². The molecule has 0 aliphatic heterocycles. The molecule has 13 heteroatoms. The van der Waals surface area contributed by atoms with E-state index in [9.17, 15) is 16.8 Å². The molecule has 0 saturated carbocycles. The van der Waals surface area contributed by atoms with Gasteiger partial charge in [-0.2, -0.15) is 3.71 Å². The highest BCUT2D eigenvalue weighted by atomic mass is 35.5. The van der Waals surface area contributed by atoms with Gasteiger partial charge in [-0.1, -0.05) is 29.3 Å². The van der Waals surface area contributed by atoms with Crippen LogP contribution in [0.3, 0.4) is 0 Å². The Morgan fingerprint density at radius 1 is 0.750 bits per heavy atom. The molecule has 0 spiro atoms. The number of sulfonamides is 2. The summed E-state index contributed by atoms with van der Waals surface area (Å²) >= 11 is 11.8. The molecule has 32 heavy (non-hydrogen) atoms. The van der Waals surface area contributed by atoms with E-state index in [2.05, 4.69) is 15.5 Å². The van der Waals surface area contributed by atoms with E-state index in [1.54, 1.807) is 6.07 Å². The number of nitrogens with zero attached hydrogens (tertiary/aromatic N) is 5. The van der Waals surface area contributed by atoms with Gasteiger partial charge >= 0.3 is 0 Å². The van der Waals surface area contributed by atoms with Gasteiger partial charge in [0.05, 0.1) is 21.2 Å². The van der Waals surface area contributed by atoms with Gasteiger partial charge in [0.25, 0.3) is 20.0 Å². The molecule has 0 aliphatic carbocycles. The van der Waals surface area contributed by atoms with Gasteiger partial charge < -0.3 is 0 Å². The van der Waals surface area contributed by atoms with Crippen molar-refractivity contribution < 1.29 is 16.8 Å². The van der Waals surface area contributed by atoms with Crippen LogP contribution in [-0.4, -0.2) is 37.0 Å². The minimum absolute atomic E-state index is 0.136. The second kappa shape index (κ2) is 8.51. The first-order valence-corrected chi connectivity index (χ1v) is 12.5. The zero-order valence-corrected chi connectivity index (χ0v) is 19.1. The van der Waals surface area contributed by atoms with Crippen LogP contribution in [0.4, 0.5) is 5.69 Å². The predicted octanol–water partition coefficient (Wildman–Crippen LogP) is 3.55. The second-order valence-electron chi connectivity index (χ2n) is 6.39. The van der Waals surface area contributed by atoms with E-state index >= 15 is 0 Å². The maximum Gasteiger partial charge on any atom is 0.277 e. The van der Waals surface area contributed by atoms with Crippen LogP contribution in [0.15, 0.2) is 88.9 Å². The number of rotatable bonds is 6. The summed E-state index contributed by atoms with van der Waals surface area (Å²) in [5, 5.41) is 11.4. The molecule has 0 aliphatic rings. The summed E-state index contributed by atoms with van der Waals surface area (Å²) in [6.45, 7) is 0. The molecule has 0 amide bonds. The van der Waals surface area contributed by atoms with Crippen LogP contribution in [0, 0.1) is 0 Å². The van der Waals surface area contributed by atoms with Gasteiger partial charge in [-0.15, -0.1) is 5.10 Å². The lowest BCUT2D eigenvalue weighted by atomic mass is 10.3. The van der Waals surface area contributed by atoms with E-state index in [4.69, 9.17) is 23.2 Å². The van der Waals surface area contributed by atoms with Gasteiger partial charge in [0.15, 0.2) is 0 Å². The molecule has 4 aromatic rings. The number of hydrogen-bond donors (Lipinski definition) is 0. The molecule has 0 fully saturated rings. The topological polar surface area (TPSA) is 115 Å². The standard InChI is InChI=1S/C19H13Cl2N5O4S2/c20-14-4-8-18(9-5-14)31(27,28)26(32(29,30)19-10-6-15(21)7-11-19)17-3-1-2-16(12-17)25-13-22-23-24-25/h1-13H. The molecule has 3 aromatic carbocycles. The largest absolute Gasteiger partial charge is 0.277 e. The predicted molar refractivity (Wildman–Crippen MR) is 119 cm³/mol. The van der Waals surface area contributed by atoms with E-state index in [1.165, 1.54) is 77.7 Å². The molecule has 0 atom stereocenters. The van der Waals surface area contributed by atoms with Crippen LogP contribution >= 0.6 is 23.2 Å². The van der Waals surface area contributed by atoms with Crippen LogP contribution in [0.25, 0.3) is 5.69 Å². The SMILES string of the molecule is O=S(=O)(c1ccc(Cl)cc1)N(c1cccc(-n2cnnn2)c1)S(=O)(=O)c1ccc(Cl)cc1. The summed E-state index contributed by atoms with van der Waals surface area (Å²) < 4.78 is 55.9. The molecule has 0 bridgehead atoms. The van der Waals surface area contributed by atoms with E-state index in [0.29, 0.717) is 19.4 Å². The van der Waals surface area contributed by atoms with Crippen molar-refractivity contribution in [3.8, 4) is 5.69 Å². The maximum absolute atomic E-state index is 13.6. The Morgan fingerprint density at radius 2 is 1.28 bits per heavy atom. The highest BCUT2D eigenvalue weighted by Gasteiger charge is 2.37. The Hall–Kier alpha value is -2.99. The van der Waals surface area contributed by atoms with Crippen LogP contribution < -0.4 is 3.71 Å². The monoisotopic (exact) mass is 509 g/mol. The van der Waals surface area contributed by atoms with E-state index in [-0.39, 0.29) is 15.5 Å². The molecular formula is C19H13Cl2N5O4S2. The summed E-state index contributed by atoms with van der Waals surface area (Å²) in [6, 6.07) is 16.2. The lowest BCUT2D eigenvalue weighted by Crippen LogP contribution is -2.37. The fourth-order valence-corrected chi connectivity index (χ4v) is 6.77. The number of halogens is 2. The normalized spacial score (nSPS) is 11.9. The average Bonchev–Trinajstić information content (AvgIpc) is 3.29. The summed E-state index contributed by atoms with van der Waals surface area (Å²) in [7, 11) is -9.16. The van der Waals surface area contributed by atoms with Crippen molar-refractivity contribution in [1.29, 1.82) is 0 Å². The third-order valence-corrected chi connectivity index (χ3v) is 9.03. The molecule has 164 valence electrons. The lowest BCUT2D eigenvalue weighted by molar-refractivity contribution is 0.584. The summed E-state index contributed by atoms with van der Waals surface area (Å²) in [4.78, 5) is -0.514. The van der Waals surface area contributed by atoms with Gasteiger partial charge in [0.2, 0.25) is 0 Å². The van der Waals surface area contributed by atoms with Crippen molar-refractivity contribution in [2.24, 2.45) is 0 Å². The molecular weight excluding hydrogens is 497 g/mol. The smallest absolute Gasteiger partial charge is 0.200 e. The first-order chi connectivity index (χ1) is 15.2. The van der Waals surface area contributed by atoms with Crippen LogP contribution in [0.1, 0.15) is 0 Å². The van der Waals surface area contributed by atoms with E-state index in [1.807, 2.05) is 0 Å². The lowest BCUT2D eigenvalue weighted by Gasteiger charge is -2.24. The molecule has 0 unspecified atom stereocenters. The molecule has 0 saturated heterocycles. The van der Waals surface area contributed by atoms with Crippen LogP contribution in [0.2, 0.25) is 10.0 Å². The minimum atomic E-state index is -4.58. The number of anilines is 1. The van der Waals surface area contributed by atoms with Crippen molar-refractivity contribution in [2.75, 3.05) is 3.71 Å². The Labute approximate surface area is 193 Å². The molecule has 0 N–H and O–H groups in total. The molecule has 4 rings (SSSR count). The van der Waals surface area contributed by atoms with Crippen molar-refractivity contribution in [3.63, 3.8) is 0 Å². The van der Waals surface area contributed by atoms with Crippen molar-refractivity contribution in [3.05, 3.63) is 89.2 Å². The van der Waals surface area contributed by atoms with Gasteiger partial charge in [0, 0.05) is 10.0 Å². The molecule has 1 heterocycles. The van der Waals surface area contributed by atoms with Crippen molar-refractivity contribution in [1.82, 2.24) is 20.2 Å². The zero-order chi connectivity index (χ0) is 22.9. The molecule has 0 radical (unpaired) electrons. The van der Waals surface area contributed by atoms with Gasteiger partial charge in [-0.25, -0.2) is 21.5 Å². The Morgan fingerprint density at radius 3 is 1.75 bits per heavy atom. The summed E-state index contributed by atoms with van der Waals surface area (Å²) in [5.41, 5.74) is 0.220. The zero-order valence-electron chi connectivity index (χ0n) is 15.9. The average molecular weight is 510 g/mol. The first-order valence-electron chi connectivity index (χ1n) is 8.85. The number of hydrogen-bond acceptors (Lipinski definition) is 7. The third-order valence-electron chi connectivity index (χ3n) is 4.31. The third kappa shape index (κ3) is 4.19. The summed E-state index contributed by atoms with van der Waals surface area (Å²) in [5.74, 6) is 0. The Bertz CT molecular complexity index is 1380.